The van der Waals surface area contributed by atoms with Crippen molar-refractivity contribution in [3.8, 4) is 0 Å². The summed E-state index contributed by atoms with van der Waals surface area (Å²) < 4.78 is 26.3. The maximum absolute atomic E-state index is 11.2. The van der Waals surface area contributed by atoms with Crippen molar-refractivity contribution in [1.29, 1.82) is 0 Å². The van der Waals surface area contributed by atoms with Crippen LogP contribution in [0.5, 0.6) is 0 Å². The van der Waals surface area contributed by atoms with E-state index in [4.69, 9.17) is 5.11 Å². The lowest BCUT2D eigenvalue weighted by Crippen LogP contribution is -2.09. The topological polar surface area (TPSA) is 109 Å². The Labute approximate surface area is 122 Å². The Kier molecular flexibility index (Phi) is 4.76. The van der Waals surface area contributed by atoms with Crippen molar-refractivity contribution in [2.75, 3.05) is 22.9 Å². The van der Waals surface area contributed by atoms with Crippen LogP contribution in [0.4, 0.5) is 11.4 Å². The van der Waals surface area contributed by atoms with Crippen LogP contribution < -0.4 is 10.0 Å². The molecule has 0 bridgehead atoms. The Morgan fingerprint density at radius 1 is 1.33 bits per heavy atom. The van der Waals surface area contributed by atoms with Crippen LogP contribution in [0, 0.1) is 0 Å². The van der Waals surface area contributed by atoms with Gasteiger partial charge in [-0.25, -0.2) is 13.1 Å². The third-order valence-electron chi connectivity index (χ3n) is 2.55. The number of sulfonamides is 1. The van der Waals surface area contributed by atoms with Gasteiger partial charge >= 0.3 is 0 Å². The van der Waals surface area contributed by atoms with Crippen molar-refractivity contribution < 1.29 is 13.5 Å². The molecule has 8 nitrogen and oxygen atoms in total. The van der Waals surface area contributed by atoms with Gasteiger partial charge in [-0.3, -0.25) is 4.72 Å². The average Bonchev–Trinajstić information content (AvgIpc) is 2.83. The molecule has 0 saturated carbocycles. The fraction of sp³-hybridized carbons (Fsp3) is 0.333. The number of benzene rings is 1. The molecule has 1 aromatic carbocycles. The number of hydrogen-bond donors (Lipinski definition) is 3. The zero-order valence-electron chi connectivity index (χ0n) is 11.5. The molecule has 0 aliphatic heterocycles. The van der Waals surface area contributed by atoms with E-state index in [2.05, 4.69) is 20.4 Å². The second kappa shape index (κ2) is 6.55. The van der Waals surface area contributed by atoms with Crippen LogP contribution in [0.3, 0.4) is 0 Å². The van der Waals surface area contributed by atoms with Gasteiger partial charge in [0.1, 0.15) is 5.69 Å². The Balaban J connectivity index is 1.97. The van der Waals surface area contributed by atoms with E-state index in [1.54, 1.807) is 29.1 Å². The number of rotatable bonds is 7. The molecule has 0 atom stereocenters. The van der Waals surface area contributed by atoms with Crippen molar-refractivity contribution in [3.05, 3.63) is 36.2 Å². The molecule has 0 unspecified atom stereocenters. The molecule has 3 N–H and O–H groups in total. The predicted octanol–water partition coefficient (Wildman–Crippen LogP) is 0.254. The summed E-state index contributed by atoms with van der Waals surface area (Å²) in [5.41, 5.74) is 1.98. The van der Waals surface area contributed by atoms with Crippen molar-refractivity contribution in [2.24, 2.45) is 0 Å². The highest BCUT2D eigenvalue weighted by atomic mass is 32.2. The first-order valence-corrected chi connectivity index (χ1v) is 8.17. The maximum atomic E-state index is 11.2. The number of aliphatic hydroxyl groups excluding tert-OH is 1. The summed E-state index contributed by atoms with van der Waals surface area (Å²) in [5.74, 6) is 0. The maximum Gasteiger partial charge on any atom is 0.229 e. The molecule has 9 heteroatoms. The zero-order chi connectivity index (χ0) is 15.3. The van der Waals surface area contributed by atoms with Crippen LogP contribution >= 0.6 is 0 Å². The highest BCUT2D eigenvalue weighted by Crippen LogP contribution is 2.16. The van der Waals surface area contributed by atoms with Gasteiger partial charge in [0.05, 0.1) is 37.8 Å². The molecule has 2 aromatic rings. The van der Waals surface area contributed by atoms with Crippen molar-refractivity contribution >= 4 is 21.4 Å². The number of hydrogen-bond acceptors (Lipinski definition) is 6. The largest absolute Gasteiger partial charge is 0.394 e. The van der Waals surface area contributed by atoms with Crippen molar-refractivity contribution in [2.45, 2.75) is 13.1 Å². The monoisotopic (exact) mass is 311 g/mol. The summed E-state index contributed by atoms with van der Waals surface area (Å²) in [4.78, 5) is 0. The van der Waals surface area contributed by atoms with E-state index < -0.39 is 10.0 Å². The van der Waals surface area contributed by atoms with E-state index >= 15 is 0 Å². The van der Waals surface area contributed by atoms with E-state index in [1.165, 1.54) is 0 Å². The fourth-order valence-corrected chi connectivity index (χ4v) is 2.29. The number of nitrogens with zero attached hydrogens (tertiary/aromatic N) is 3. The zero-order valence-corrected chi connectivity index (χ0v) is 12.3. The summed E-state index contributed by atoms with van der Waals surface area (Å²) in [6, 6.07) is 6.94. The van der Waals surface area contributed by atoms with Gasteiger partial charge in [0.25, 0.3) is 0 Å². The summed E-state index contributed by atoms with van der Waals surface area (Å²) in [7, 11) is -3.29. The van der Waals surface area contributed by atoms with E-state index in [-0.39, 0.29) is 6.61 Å². The normalized spacial score (nSPS) is 11.3. The summed E-state index contributed by atoms with van der Waals surface area (Å²) >= 11 is 0. The molecule has 1 heterocycles. The fourth-order valence-electron chi connectivity index (χ4n) is 1.73. The van der Waals surface area contributed by atoms with Crippen LogP contribution in [0.1, 0.15) is 5.69 Å². The van der Waals surface area contributed by atoms with Crippen LogP contribution in [-0.2, 0) is 23.1 Å². The molecule has 0 saturated heterocycles. The second-order valence-corrected chi connectivity index (χ2v) is 6.25. The molecule has 114 valence electrons. The number of nitrogens with one attached hydrogen (secondary N) is 2. The highest BCUT2D eigenvalue weighted by molar-refractivity contribution is 7.92. The van der Waals surface area contributed by atoms with E-state index in [0.29, 0.717) is 18.8 Å². The third-order valence-corrected chi connectivity index (χ3v) is 3.16. The standard InChI is InChI=1S/C12H17N5O3S/c1-21(19,20)15-11-4-2-3-10(7-11)13-8-12-9-17(5-6-18)16-14-12/h2-4,7,9,13,15,18H,5-6,8H2,1H3. The van der Waals surface area contributed by atoms with Gasteiger partial charge in [0, 0.05) is 5.69 Å². The Bertz CT molecular complexity index is 698. The van der Waals surface area contributed by atoms with Gasteiger partial charge < -0.3 is 10.4 Å². The minimum atomic E-state index is -3.29. The summed E-state index contributed by atoms with van der Waals surface area (Å²) in [6.07, 6.45) is 2.84. The summed E-state index contributed by atoms with van der Waals surface area (Å²) in [6.45, 7) is 0.865. The average molecular weight is 311 g/mol. The van der Waals surface area contributed by atoms with Gasteiger partial charge in [0.15, 0.2) is 0 Å². The molecule has 1 aromatic heterocycles. The quantitative estimate of drug-likeness (QED) is 0.676. The molecule has 21 heavy (non-hydrogen) atoms. The van der Waals surface area contributed by atoms with Crippen LogP contribution in [0.15, 0.2) is 30.5 Å². The third kappa shape index (κ3) is 5.04. The van der Waals surface area contributed by atoms with E-state index in [1.807, 2.05) is 6.07 Å². The van der Waals surface area contributed by atoms with Crippen LogP contribution in [-0.4, -0.2) is 41.4 Å². The highest BCUT2D eigenvalue weighted by Gasteiger charge is 2.04. The molecular formula is C12H17N5O3S. The Hall–Kier alpha value is -2.13. The smallest absolute Gasteiger partial charge is 0.229 e. The molecule has 0 aliphatic rings. The van der Waals surface area contributed by atoms with Gasteiger partial charge in [-0.2, -0.15) is 0 Å². The number of anilines is 2. The van der Waals surface area contributed by atoms with Crippen molar-refractivity contribution in [1.82, 2.24) is 15.0 Å². The molecule has 0 amide bonds. The predicted molar refractivity (Wildman–Crippen MR) is 79.3 cm³/mol. The van der Waals surface area contributed by atoms with Crippen LogP contribution in [0.25, 0.3) is 0 Å². The Morgan fingerprint density at radius 3 is 2.81 bits per heavy atom. The first kappa shape index (κ1) is 15.3. The lowest BCUT2D eigenvalue weighted by Gasteiger charge is -2.08. The first-order chi connectivity index (χ1) is 9.96. The molecule has 0 fully saturated rings. The van der Waals surface area contributed by atoms with Gasteiger partial charge in [-0.1, -0.05) is 11.3 Å². The second-order valence-electron chi connectivity index (χ2n) is 4.51. The molecular weight excluding hydrogens is 294 g/mol. The van der Waals surface area contributed by atoms with E-state index in [9.17, 15) is 8.42 Å². The number of aliphatic hydroxyl groups is 1. The Morgan fingerprint density at radius 2 is 2.10 bits per heavy atom. The minimum Gasteiger partial charge on any atom is -0.394 e. The van der Waals surface area contributed by atoms with Gasteiger partial charge in [-0.15, -0.1) is 5.10 Å². The van der Waals surface area contributed by atoms with Crippen molar-refractivity contribution in [3.63, 3.8) is 0 Å². The number of aromatic nitrogens is 3. The van der Waals surface area contributed by atoms with Gasteiger partial charge in [-0.05, 0) is 18.2 Å². The molecule has 0 aliphatic carbocycles. The van der Waals surface area contributed by atoms with Crippen LogP contribution in [0.2, 0.25) is 0 Å². The lowest BCUT2D eigenvalue weighted by atomic mass is 10.3. The minimum absolute atomic E-state index is 0.00936. The lowest BCUT2D eigenvalue weighted by molar-refractivity contribution is 0.268. The molecule has 2 rings (SSSR count). The first-order valence-electron chi connectivity index (χ1n) is 6.28. The molecule has 0 spiro atoms. The summed E-state index contributed by atoms with van der Waals surface area (Å²) in [5, 5.41) is 19.7. The van der Waals surface area contributed by atoms with E-state index in [0.717, 1.165) is 17.6 Å². The SMILES string of the molecule is CS(=O)(=O)Nc1cccc(NCc2cn(CCO)nn2)c1. The van der Waals surface area contributed by atoms with Gasteiger partial charge in [0.2, 0.25) is 10.0 Å². The molecule has 0 radical (unpaired) electrons.